The molecule has 1 N–H and O–H groups in total. The van der Waals surface area contributed by atoms with E-state index >= 15 is 0 Å². The van der Waals surface area contributed by atoms with Crippen LogP contribution in [0.25, 0.3) is 0 Å². The molecule has 4 heteroatoms. The van der Waals surface area contributed by atoms with Crippen molar-refractivity contribution in [2.24, 2.45) is 5.92 Å². The van der Waals surface area contributed by atoms with Crippen LogP contribution in [0.1, 0.15) is 28.8 Å². The highest BCUT2D eigenvalue weighted by Gasteiger charge is 2.18. The van der Waals surface area contributed by atoms with Crippen molar-refractivity contribution >= 4 is 5.91 Å². The summed E-state index contributed by atoms with van der Waals surface area (Å²) in [5.41, 5.74) is 1.23. The molecule has 0 bridgehead atoms. The number of benzene rings is 1. The van der Waals surface area contributed by atoms with Crippen LogP contribution in [0.3, 0.4) is 0 Å². The fourth-order valence-electron chi connectivity index (χ4n) is 2.44. The summed E-state index contributed by atoms with van der Waals surface area (Å²) in [6.07, 6.45) is 2.26. The van der Waals surface area contributed by atoms with Gasteiger partial charge in [-0.25, -0.2) is 0 Å². The van der Waals surface area contributed by atoms with E-state index in [9.17, 15) is 4.79 Å². The molecule has 0 spiro atoms. The van der Waals surface area contributed by atoms with Gasteiger partial charge < -0.3 is 10.2 Å². The van der Waals surface area contributed by atoms with Gasteiger partial charge in [-0.3, -0.25) is 4.79 Å². The summed E-state index contributed by atoms with van der Waals surface area (Å²) in [4.78, 5) is 14.0. The first-order valence-electron chi connectivity index (χ1n) is 6.67. The summed E-state index contributed by atoms with van der Waals surface area (Å²) < 4.78 is 0. The van der Waals surface area contributed by atoms with E-state index < -0.39 is 0 Å². The second-order valence-corrected chi connectivity index (χ2v) is 5.07. The van der Waals surface area contributed by atoms with E-state index in [1.807, 2.05) is 7.05 Å². The quantitative estimate of drug-likeness (QED) is 0.895. The Labute approximate surface area is 114 Å². The van der Waals surface area contributed by atoms with Crippen molar-refractivity contribution in [3.63, 3.8) is 0 Å². The molecule has 0 aromatic heterocycles. The number of carbonyl (C=O) groups excluding carboxylic acids is 1. The van der Waals surface area contributed by atoms with E-state index in [0.29, 0.717) is 17.0 Å². The Morgan fingerprint density at radius 2 is 2.00 bits per heavy atom. The van der Waals surface area contributed by atoms with Crippen LogP contribution in [0.5, 0.6) is 0 Å². The molecule has 2 rings (SSSR count). The monoisotopic (exact) mass is 257 g/mol. The second kappa shape index (κ2) is 6.35. The van der Waals surface area contributed by atoms with Crippen molar-refractivity contribution in [3.05, 3.63) is 35.4 Å². The van der Waals surface area contributed by atoms with Crippen molar-refractivity contribution in [2.45, 2.75) is 12.8 Å². The van der Waals surface area contributed by atoms with Crippen LogP contribution < -0.4 is 5.32 Å². The van der Waals surface area contributed by atoms with Crippen LogP contribution in [0.2, 0.25) is 0 Å². The molecule has 0 saturated carbocycles. The zero-order chi connectivity index (χ0) is 13.7. The summed E-state index contributed by atoms with van der Waals surface area (Å²) in [5.74, 6) is 0.622. The molecule has 100 valence electrons. The van der Waals surface area contributed by atoms with Gasteiger partial charge in [0.05, 0.1) is 11.6 Å². The number of nitriles is 1. The standard InChI is InChI=1S/C15H19N3O/c1-18(11-13-6-8-17-9-7-13)15(19)14-4-2-12(10-16)3-5-14/h2-5,13,17H,6-9,11H2,1H3. The van der Waals surface area contributed by atoms with Crippen molar-refractivity contribution < 1.29 is 4.79 Å². The Kier molecular flexibility index (Phi) is 4.53. The first kappa shape index (κ1) is 13.6. The largest absolute Gasteiger partial charge is 0.341 e. The molecule has 0 aliphatic carbocycles. The normalized spacial score (nSPS) is 15.8. The fraction of sp³-hybridized carbons (Fsp3) is 0.467. The van der Waals surface area contributed by atoms with Gasteiger partial charge in [-0.2, -0.15) is 5.26 Å². The molecule has 0 atom stereocenters. The van der Waals surface area contributed by atoms with Crippen molar-refractivity contribution in [2.75, 3.05) is 26.7 Å². The molecule has 1 aliphatic heterocycles. The van der Waals surface area contributed by atoms with E-state index in [0.717, 1.165) is 32.5 Å². The number of rotatable bonds is 3. The Morgan fingerprint density at radius 1 is 1.37 bits per heavy atom. The fourth-order valence-corrected chi connectivity index (χ4v) is 2.44. The van der Waals surface area contributed by atoms with Gasteiger partial charge in [0.15, 0.2) is 0 Å². The summed E-state index contributed by atoms with van der Waals surface area (Å²) in [6.45, 7) is 2.90. The van der Waals surface area contributed by atoms with Crippen LogP contribution in [0, 0.1) is 17.2 Å². The highest BCUT2D eigenvalue weighted by molar-refractivity contribution is 5.94. The number of nitrogens with one attached hydrogen (secondary N) is 1. The molecule has 1 fully saturated rings. The number of amides is 1. The van der Waals surface area contributed by atoms with Gasteiger partial charge in [-0.1, -0.05) is 0 Å². The van der Waals surface area contributed by atoms with Gasteiger partial charge in [0, 0.05) is 19.2 Å². The van der Waals surface area contributed by atoms with E-state index in [-0.39, 0.29) is 5.91 Å². The SMILES string of the molecule is CN(CC1CCNCC1)C(=O)c1ccc(C#N)cc1. The number of piperidine rings is 1. The molecule has 4 nitrogen and oxygen atoms in total. The lowest BCUT2D eigenvalue weighted by Gasteiger charge is -2.27. The van der Waals surface area contributed by atoms with Crippen LogP contribution in [0.15, 0.2) is 24.3 Å². The predicted molar refractivity (Wildman–Crippen MR) is 73.7 cm³/mol. The van der Waals surface area contributed by atoms with Crippen molar-refractivity contribution in [3.8, 4) is 6.07 Å². The summed E-state index contributed by atoms with van der Waals surface area (Å²) in [5, 5.41) is 12.1. The third kappa shape index (κ3) is 3.55. The van der Waals surface area contributed by atoms with Gasteiger partial charge in [-0.05, 0) is 56.1 Å². The highest BCUT2D eigenvalue weighted by atomic mass is 16.2. The minimum absolute atomic E-state index is 0.0306. The summed E-state index contributed by atoms with van der Waals surface area (Å²) in [6, 6.07) is 8.87. The maximum Gasteiger partial charge on any atom is 0.253 e. The van der Waals surface area contributed by atoms with Gasteiger partial charge in [-0.15, -0.1) is 0 Å². The Balaban J connectivity index is 1.95. The smallest absolute Gasteiger partial charge is 0.253 e. The number of hydrogen-bond donors (Lipinski definition) is 1. The molecule has 1 heterocycles. The maximum absolute atomic E-state index is 12.2. The topological polar surface area (TPSA) is 56.1 Å². The van der Waals surface area contributed by atoms with Crippen LogP contribution in [-0.4, -0.2) is 37.5 Å². The van der Waals surface area contributed by atoms with E-state index in [1.54, 1.807) is 29.2 Å². The highest BCUT2D eigenvalue weighted by Crippen LogP contribution is 2.14. The molecule has 1 aliphatic rings. The molecular weight excluding hydrogens is 238 g/mol. The summed E-state index contributed by atoms with van der Waals surface area (Å²) >= 11 is 0. The van der Waals surface area contributed by atoms with E-state index in [1.165, 1.54) is 0 Å². The van der Waals surface area contributed by atoms with Crippen LogP contribution in [-0.2, 0) is 0 Å². The Bertz CT molecular complexity index is 469. The van der Waals surface area contributed by atoms with E-state index in [4.69, 9.17) is 5.26 Å². The van der Waals surface area contributed by atoms with Gasteiger partial charge in [0.2, 0.25) is 0 Å². The first-order valence-corrected chi connectivity index (χ1v) is 6.67. The molecule has 1 amide bonds. The zero-order valence-electron chi connectivity index (χ0n) is 11.2. The lowest BCUT2D eigenvalue weighted by molar-refractivity contribution is 0.0763. The Morgan fingerprint density at radius 3 is 2.58 bits per heavy atom. The lowest BCUT2D eigenvalue weighted by atomic mass is 9.97. The molecule has 0 unspecified atom stereocenters. The molecular formula is C15H19N3O. The van der Waals surface area contributed by atoms with Crippen LogP contribution in [0.4, 0.5) is 0 Å². The first-order chi connectivity index (χ1) is 9.20. The molecule has 1 aromatic rings. The van der Waals surface area contributed by atoms with Crippen molar-refractivity contribution in [1.29, 1.82) is 5.26 Å². The Hall–Kier alpha value is -1.86. The van der Waals surface area contributed by atoms with E-state index in [2.05, 4.69) is 11.4 Å². The third-order valence-corrected chi connectivity index (χ3v) is 3.60. The number of hydrogen-bond acceptors (Lipinski definition) is 3. The minimum atomic E-state index is 0.0306. The summed E-state index contributed by atoms with van der Waals surface area (Å²) in [7, 11) is 1.85. The third-order valence-electron chi connectivity index (χ3n) is 3.60. The lowest BCUT2D eigenvalue weighted by Crippen LogP contribution is -2.37. The predicted octanol–water partition coefficient (Wildman–Crippen LogP) is 1.63. The van der Waals surface area contributed by atoms with Gasteiger partial charge >= 0.3 is 0 Å². The molecule has 1 aromatic carbocycles. The average Bonchev–Trinajstić information content (AvgIpc) is 2.47. The second-order valence-electron chi connectivity index (χ2n) is 5.07. The molecule has 0 radical (unpaired) electrons. The van der Waals surface area contributed by atoms with Crippen LogP contribution >= 0.6 is 0 Å². The average molecular weight is 257 g/mol. The zero-order valence-corrected chi connectivity index (χ0v) is 11.2. The molecule has 19 heavy (non-hydrogen) atoms. The van der Waals surface area contributed by atoms with Crippen molar-refractivity contribution in [1.82, 2.24) is 10.2 Å². The minimum Gasteiger partial charge on any atom is -0.341 e. The maximum atomic E-state index is 12.2. The number of carbonyl (C=O) groups is 1. The number of nitrogens with zero attached hydrogens (tertiary/aromatic N) is 2. The molecule has 1 saturated heterocycles. The van der Waals surface area contributed by atoms with Gasteiger partial charge in [0.1, 0.15) is 0 Å². The van der Waals surface area contributed by atoms with Gasteiger partial charge in [0.25, 0.3) is 5.91 Å².